The molecule has 0 aliphatic rings. The van der Waals surface area contributed by atoms with Crippen LogP contribution < -0.4 is 16.0 Å². The highest BCUT2D eigenvalue weighted by Gasteiger charge is 2.17. The van der Waals surface area contributed by atoms with Gasteiger partial charge in [-0.1, -0.05) is 54.7 Å². The SMILES string of the molecule is CCN(CC)CCNc1nc(-c2ccc(NC(=O)Nc3ccc(C)cc3)cc2)nc2c(Cl)c(Cl)sc12. The Morgan fingerprint density at radius 2 is 1.56 bits per heavy atom. The third-order valence-corrected chi connectivity index (χ3v) is 7.73. The van der Waals surface area contributed by atoms with Gasteiger partial charge in [-0.25, -0.2) is 14.8 Å². The molecule has 4 aromatic rings. The maximum absolute atomic E-state index is 12.4. The predicted molar refractivity (Wildman–Crippen MR) is 153 cm³/mol. The Labute approximate surface area is 224 Å². The Morgan fingerprint density at radius 1 is 0.944 bits per heavy atom. The van der Waals surface area contributed by atoms with Crippen LogP contribution in [0.1, 0.15) is 19.4 Å². The number of hydrogen-bond donors (Lipinski definition) is 3. The predicted octanol–water partition coefficient (Wildman–Crippen LogP) is 7.37. The molecule has 10 heteroatoms. The number of anilines is 3. The highest BCUT2D eigenvalue weighted by molar-refractivity contribution is 7.24. The molecule has 0 bridgehead atoms. The van der Waals surface area contributed by atoms with Crippen LogP contribution in [0, 0.1) is 6.92 Å². The molecule has 4 rings (SSSR count). The Kier molecular flexibility index (Phi) is 8.64. The largest absolute Gasteiger partial charge is 0.367 e. The van der Waals surface area contributed by atoms with E-state index in [0.29, 0.717) is 32.2 Å². The molecule has 2 heterocycles. The van der Waals surface area contributed by atoms with Gasteiger partial charge >= 0.3 is 6.03 Å². The van der Waals surface area contributed by atoms with Crippen LogP contribution in [0.4, 0.5) is 22.0 Å². The first kappa shape index (κ1) is 26.2. The summed E-state index contributed by atoms with van der Waals surface area (Å²) < 4.78 is 1.32. The fraction of sp³-hybridized carbons (Fsp3) is 0.269. The van der Waals surface area contributed by atoms with Gasteiger partial charge in [-0.2, -0.15) is 0 Å². The molecule has 0 aliphatic carbocycles. The van der Waals surface area contributed by atoms with E-state index in [-0.39, 0.29) is 6.03 Å². The number of aromatic nitrogens is 2. The molecular weight excluding hydrogens is 515 g/mol. The summed E-state index contributed by atoms with van der Waals surface area (Å²) >= 11 is 14.1. The molecule has 36 heavy (non-hydrogen) atoms. The van der Waals surface area contributed by atoms with Gasteiger partial charge in [0, 0.05) is 30.0 Å². The van der Waals surface area contributed by atoms with Crippen LogP contribution in [0.2, 0.25) is 9.36 Å². The Balaban J connectivity index is 1.52. The van der Waals surface area contributed by atoms with E-state index in [9.17, 15) is 4.79 Å². The highest BCUT2D eigenvalue weighted by atomic mass is 35.5. The van der Waals surface area contributed by atoms with Crippen LogP contribution in [-0.4, -0.2) is 47.1 Å². The molecule has 7 nitrogen and oxygen atoms in total. The molecule has 188 valence electrons. The number of thiophene rings is 1. The van der Waals surface area contributed by atoms with Crippen molar-refractivity contribution in [3.05, 3.63) is 63.5 Å². The maximum Gasteiger partial charge on any atom is 0.323 e. The number of carbonyl (C=O) groups is 1. The first-order chi connectivity index (χ1) is 17.4. The lowest BCUT2D eigenvalue weighted by Crippen LogP contribution is -2.28. The molecule has 0 atom stereocenters. The van der Waals surface area contributed by atoms with Crippen molar-refractivity contribution in [1.82, 2.24) is 14.9 Å². The summed E-state index contributed by atoms with van der Waals surface area (Å²) in [6.45, 7) is 9.90. The van der Waals surface area contributed by atoms with E-state index < -0.39 is 0 Å². The van der Waals surface area contributed by atoms with E-state index in [0.717, 1.165) is 47.7 Å². The lowest BCUT2D eigenvalue weighted by atomic mass is 10.2. The first-order valence-electron chi connectivity index (χ1n) is 11.7. The van der Waals surface area contributed by atoms with Gasteiger partial charge in [0.05, 0.1) is 9.72 Å². The van der Waals surface area contributed by atoms with Crippen LogP contribution in [0.25, 0.3) is 21.6 Å². The van der Waals surface area contributed by atoms with Crippen molar-refractivity contribution in [3.8, 4) is 11.4 Å². The van der Waals surface area contributed by atoms with Crippen LogP contribution in [-0.2, 0) is 0 Å². The number of urea groups is 1. The molecule has 2 aromatic carbocycles. The third-order valence-electron chi connectivity index (χ3n) is 5.76. The van der Waals surface area contributed by atoms with E-state index in [2.05, 4.69) is 39.7 Å². The summed E-state index contributed by atoms with van der Waals surface area (Å²) in [6, 6.07) is 14.7. The number of halogens is 2. The van der Waals surface area contributed by atoms with E-state index >= 15 is 0 Å². The molecule has 0 saturated carbocycles. The van der Waals surface area contributed by atoms with E-state index in [1.807, 2.05) is 55.5 Å². The summed E-state index contributed by atoms with van der Waals surface area (Å²) in [6.07, 6.45) is 0. The van der Waals surface area contributed by atoms with Crippen molar-refractivity contribution in [2.75, 3.05) is 42.1 Å². The van der Waals surface area contributed by atoms with Gasteiger partial charge in [0.2, 0.25) is 0 Å². The van der Waals surface area contributed by atoms with Gasteiger partial charge in [-0.15, -0.1) is 11.3 Å². The van der Waals surface area contributed by atoms with Gasteiger partial charge in [-0.05, 0) is 56.4 Å². The molecule has 0 spiro atoms. The number of nitrogens with zero attached hydrogens (tertiary/aromatic N) is 3. The van der Waals surface area contributed by atoms with Gasteiger partial charge in [0.25, 0.3) is 0 Å². The van der Waals surface area contributed by atoms with Crippen molar-refractivity contribution in [2.45, 2.75) is 20.8 Å². The third kappa shape index (κ3) is 6.25. The van der Waals surface area contributed by atoms with Crippen LogP contribution in [0.5, 0.6) is 0 Å². The topological polar surface area (TPSA) is 82.2 Å². The number of amides is 2. The van der Waals surface area contributed by atoms with Gasteiger partial charge < -0.3 is 20.9 Å². The molecule has 2 amide bonds. The lowest BCUT2D eigenvalue weighted by Gasteiger charge is -2.18. The normalized spacial score (nSPS) is 11.2. The molecule has 2 aromatic heterocycles. The summed E-state index contributed by atoms with van der Waals surface area (Å²) in [5.74, 6) is 1.24. The first-order valence-corrected chi connectivity index (χ1v) is 13.3. The number of benzene rings is 2. The molecule has 0 radical (unpaired) electrons. The summed E-state index contributed by atoms with van der Waals surface area (Å²) in [4.78, 5) is 24.2. The number of hydrogen-bond acceptors (Lipinski definition) is 6. The number of nitrogens with one attached hydrogen (secondary N) is 3. The quantitative estimate of drug-likeness (QED) is 0.205. The Morgan fingerprint density at radius 3 is 2.17 bits per heavy atom. The summed E-state index contributed by atoms with van der Waals surface area (Å²) in [7, 11) is 0. The monoisotopic (exact) mass is 542 g/mol. The number of aryl methyl sites for hydroxylation is 1. The van der Waals surface area contributed by atoms with Gasteiger partial charge in [0.1, 0.15) is 15.7 Å². The average Bonchev–Trinajstić information content (AvgIpc) is 3.17. The van der Waals surface area contributed by atoms with Crippen LogP contribution in [0.15, 0.2) is 48.5 Å². The molecule has 0 unspecified atom stereocenters. The smallest absolute Gasteiger partial charge is 0.323 e. The number of rotatable bonds is 9. The van der Waals surface area contributed by atoms with Crippen molar-refractivity contribution in [2.24, 2.45) is 0 Å². The zero-order valence-corrected chi connectivity index (χ0v) is 22.7. The van der Waals surface area contributed by atoms with Crippen LogP contribution >= 0.6 is 34.5 Å². The molecule has 0 aliphatic heterocycles. The highest BCUT2D eigenvalue weighted by Crippen LogP contribution is 2.41. The van der Waals surface area contributed by atoms with Crippen LogP contribution in [0.3, 0.4) is 0 Å². The van der Waals surface area contributed by atoms with Crippen molar-refractivity contribution in [1.29, 1.82) is 0 Å². The Bertz CT molecular complexity index is 1340. The minimum atomic E-state index is -0.316. The van der Waals surface area contributed by atoms with Crippen molar-refractivity contribution >= 4 is 68.0 Å². The minimum absolute atomic E-state index is 0.316. The average molecular weight is 544 g/mol. The second-order valence-electron chi connectivity index (χ2n) is 8.24. The zero-order chi connectivity index (χ0) is 25.7. The van der Waals surface area contributed by atoms with E-state index in [4.69, 9.17) is 28.2 Å². The van der Waals surface area contributed by atoms with Crippen molar-refractivity contribution in [3.63, 3.8) is 0 Å². The second-order valence-corrected chi connectivity index (χ2v) is 10.2. The van der Waals surface area contributed by atoms with Crippen molar-refractivity contribution < 1.29 is 4.79 Å². The summed E-state index contributed by atoms with van der Waals surface area (Å²) in [5.41, 5.74) is 3.93. The van der Waals surface area contributed by atoms with E-state index in [1.165, 1.54) is 11.3 Å². The lowest BCUT2D eigenvalue weighted by molar-refractivity contribution is 0.262. The van der Waals surface area contributed by atoms with Gasteiger partial charge in [0.15, 0.2) is 5.82 Å². The minimum Gasteiger partial charge on any atom is -0.367 e. The standard InChI is InChI=1S/C26H28Cl2N6OS/c1-4-34(5-2)15-14-29-25-22-21(20(27)23(28)36-22)32-24(33-25)17-8-12-19(13-9-17)31-26(35)30-18-10-6-16(3)7-11-18/h6-13H,4-5,14-15H2,1-3H3,(H,29,32,33)(H2,30,31,35). The molecular formula is C26H28Cl2N6OS. The number of fused-ring (bicyclic) bond motifs is 1. The molecule has 0 fully saturated rings. The van der Waals surface area contributed by atoms with Gasteiger partial charge in [-0.3, -0.25) is 0 Å². The maximum atomic E-state index is 12.4. The number of carbonyl (C=O) groups excluding carboxylic acids is 1. The number of likely N-dealkylation sites (N-methyl/N-ethyl adjacent to an activating group) is 1. The summed E-state index contributed by atoms with van der Waals surface area (Å²) in [5, 5.41) is 9.53. The fourth-order valence-electron chi connectivity index (χ4n) is 3.68. The zero-order valence-electron chi connectivity index (χ0n) is 20.4. The molecule has 3 N–H and O–H groups in total. The Hall–Kier alpha value is -2.91. The second kappa shape index (κ2) is 11.9. The van der Waals surface area contributed by atoms with E-state index in [1.54, 1.807) is 0 Å². The fourth-order valence-corrected chi connectivity index (χ4v) is 5.13. The molecule has 0 saturated heterocycles.